The van der Waals surface area contributed by atoms with Crippen molar-refractivity contribution in [2.24, 2.45) is 5.41 Å². The van der Waals surface area contributed by atoms with E-state index in [9.17, 15) is 13.2 Å². The average Bonchev–Trinajstić information content (AvgIpc) is 2.75. The molecular formula is C11H19NO5S. The number of carboxylic acid groups (broad SMARTS) is 1. The van der Waals surface area contributed by atoms with Crippen molar-refractivity contribution in [1.29, 1.82) is 0 Å². The Morgan fingerprint density at radius 3 is 2.50 bits per heavy atom. The van der Waals surface area contributed by atoms with Crippen molar-refractivity contribution in [1.82, 2.24) is 4.31 Å². The quantitative estimate of drug-likeness (QED) is 0.801. The molecule has 2 heterocycles. The number of rotatable bonds is 3. The van der Waals surface area contributed by atoms with Crippen LogP contribution in [0.4, 0.5) is 0 Å². The molecule has 6 nitrogen and oxygen atoms in total. The van der Waals surface area contributed by atoms with E-state index >= 15 is 0 Å². The summed E-state index contributed by atoms with van der Waals surface area (Å²) in [5, 5.41) is 8.71. The molecule has 0 saturated carbocycles. The van der Waals surface area contributed by atoms with E-state index in [-0.39, 0.29) is 6.54 Å². The molecule has 2 saturated heterocycles. The first kappa shape index (κ1) is 13.8. The Bertz CT molecular complexity index is 429. The van der Waals surface area contributed by atoms with E-state index in [1.807, 2.05) is 0 Å². The predicted molar refractivity (Wildman–Crippen MR) is 64.7 cm³/mol. The highest BCUT2D eigenvalue weighted by molar-refractivity contribution is 7.89. The minimum absolute atomic E-state index is 0.0853. The van der Waals surface area contributed by atoms with Gasteiger partial charge < -0.3 is 9.84 Å². The Morgan fingerprint density at radius 2 is 2.00 bits per heavy atom. The van der Waals surface area contributed by atoms with E-state index in [1.54, 1.807) is 6.92 Å². The lowest BCUT2D eigenvalue weighted by molar-refractivity contribution is -0.146. The van der Waals surface area contributed by atoms with E-state index in [1.165, 1.54) is 4.31 Å². The highest BCUT2D eigenvalue weighted by atomic mass is 32.2. The molecule has 0 aromatic carbocycles. The van der Waals surface area contributed by atoms with Crippen LogP contribution in [-0.4, -0.2) is 55.4 Å². The first-order valence-corrected chi connectivity index (χ1v) is 7.67. The fourth-order valence-corrected chi connectivity index (χ4v) is 4.52. The van der Waals surface area contributed by atoms with E-state index in [0.717, 1.165) is 0 Å². The molecule has 0 aliphatic carbocycles. The summed E-state index contributed by atoms with van der Waals surface area (Å²) in [5.41, 5.74) is -0.946. The lowest BCUT2D eigenvalue weighted by atomic mass is 9.90. The number of ether oxygens (including phenoxy) is 1. The maximum absolute atomic E-state index is 12.4. The van der Waals surface area contributed by atoms with Gasteiger partial charge in [0.2, 0.25) is 10.0 Å². The van der Waals surface area contributed by atoms with Crippen molar-refractivity contribution in [3.63, 3.8) is 0 Å². The van der Waals surface area contributed by atoms with Crippen LogP contribution in [0.5, 0.6) is 0 Å². The molecule has 0 amide bonds. The minimum atomic E-state index is -3.38. The number of hydrogen-bond acceptors (Lipinski definition) is 4. The van der Waals surface area contributed by atoms with Gasteiger partial charge in [-0.05, 0) is 26.2 Å². The van der Waals surface area contributed by atoms with Crippen LogP contribution < -0.4 is 0 Å². The highest BCUT2D eigenvalue weighted by Crippen LogP contribution is 2.34. The van der Waals surface area contributed by atoms with Gasteiger partial charge in [0, 0.05) is 26.3 Å². The number of sulfonamides is 1. The summed E-state index contributed by atoms with van der Waals surface area (Å²) in [6.45, 7) is 2.93. The van der Waals surface area contributed by atoms with Gasteiger partial charge in [0.25, 0.3) is 0 Å². The zero-order valence-corrected chi connectivity index (χ0v) is 11.3. The molecule has 2 fully saturated rings. The van der Waals surface area contributed by atoms with Gasteiger partial charge in [-0.1, -0.05) is 0 Å². The Hall–Kier alpha value is -0.660. The second-order valence-electron chi connectivity index (χ2n) is 5.31. The van der Waals surface area contributed by atoms with Crippen LogP contribution in [-0.2, 0) is 19.6 Å². The SMILES string of the molecule is CC1(C(=O)O)CCN(S(=O)(=O)C2CCOCC2)C1. The smallest absolute Gasteiger partial charge is 0.310 e. The van der Waals surface area contributed by atoms with Crippen molar-refractivity contribution >= 4 is 16.0 Å². The third kappa shape index (κ3) is 2.39. The van der Waals surface area contributed by atoms with Crippen molar-refractivity contribution in [3.05, 3.63) is 0 Å². The Morgan fingerprint density at radius 1 is 1.39 bits per heavy atom. The molecule has 1 N–H and O–H groups in total. The number of carboxylic acids is 1. The highest BCUT2D eigenvalue weighted by Gasteiger charge is 2.46. The second-order valence-corrected chi connectivity index (χ2v) is 7.52. The topological polar surface area (TPSA) is 83.9 Å². The standard InChI is InChI=1S/C11H19NO5S/c1-11(10(13)14)4-5-12(8-11)18(15,16)9-2-6-17-7-3-9/h9H,2-8H2,1H3,(H,13,14). The fraction of sp³-hybridized carbons (Fsp3) is 0.909. The van der Waals surface area contributed by atoms with Crippen LogP contribution >= 0.6 is 0 Å². The molecule has 0 bridgehead atoms. The van der Waals surface area contributed by atoms with E-state index < -0.39 is 26.7 Å². The average molecular weight is 277 g/mol. The summed E-state index contributed by atoms with van der Waals surface area (Å²) >= 11 is 0. The van der Waals surface area contributed by atoms with Gasteiger partial charge in [-0.2, -0.15) is 0 Å². The monoisotopic (exact) mass is 277 g/mol. The third-order valence-corrected chi connectivity index (χ3v) is 6.25. The van der Waals surface area contributed by atoms with Gasteiger partial charge in [0.1, 0.15) is 0 Å². The van der Waals surface area contributed by atoms with Gasteiger partial charge >= 0.3 is 5.97 Å². The molecule has 0 aromatic heterocycles. The Labute approximate surface area is 107 Å². The molecule has 2 aliphatic heterocycles. The summed E-state index contributed by atoms with van der Waals surface area (Å²) in [7, 11) is -3.38. The first-order chi connectivity index (χ1) is 8.36. The molecular weight excluding hydrogens is 258 g/mol. The molecule has 2 aliphatic rings. The van der Waals surface area contributed by atoms with E-state index in [4.69, 9.17) is 9.84 Å². The van der Waals surface area contributed by atoms with Gasteiger partial charge in [-0.3, -0.25) is 4.79 Å². The molecule has 1 atom stereocenters. The van der Waals surface area contributed by atoms with Crippen LogP contribution in [0.3, 0.4) is 0 Å². The summed E-state index contributed by atoms with van der Waals surface area (Å²) in [6.07, 6.45) is 1.38. The molecule has 7 heteroatoms. The number of carbonyl (C=O) groups is 1. The summed E-state index contributed by atoms with van der Waals surface area (Å²) in [4.78, 5) is 11.1. The maximum Gasteiger partial charge on any atom is 0.310 e. The Kier molecular flexibility index (Phi) is 3.66. The molecule has 1 unspecified atom stereocenters. The normalized spacial score (nSPS) is 31.6. The van der Waals surface area contributed by atoms with Gasteiger partial charge in [0.05, 0.1) is 10.7 Å². The molecule has 0 aromatic rings. The minimum Gasteiger partial charge on any atom is -0.481 e. The van der Waals surface area contributed by atoms with Gasteiger partial charge in [0.15, 0.2) is 0 Å². The van der Waals surface area contributed by atoms with Crippen LogP contribution in [0.1, 0.15) is 26.2 Å². The summed E-state index contributed by atoms with van der Waals surface area (Å²) < 4.78 is 31.3. The van der Waals surface area contributed by atoms with Crippen molar-refractivity contribution in [2.45, 2.75) is 31.4 Å². The third-order valence-electron chi connectivity index (χ3n) is 3.90. The fourth-order valence-electron chi connectivity index (χ4n) is 2.50. The lowest BCUT2D eigenvalue weighted by Crippen LogP contribution is -2.42. The zero-order chi connectivity index (χ0) is 13.4. The molecule has 18 heavy (non-hydrogen) atoms. The number of nitrogens with zero attached hydrogens (tertiary/aromatic N) is 1. The van der Waals surface area contributed by atoms with E-state index in [0.29, 0.717) is 39.0 Å². The largest absolute Gasteiger partial charge is 0.481 e. The van der Waals surface area contributed by atoms with Crippen molar-refractivity contribution < 1.29 is 23.1 Å². The number of hydrogen-bond donors (Lipinski definition) is 1. The van der Waals surface area contributed by atoms with Crippen LogP contribution in [0.25, 0.3) is 0 Å². The molecule has 0 radical (unpaired) electrons. The van der Waals surface area contributed by atoms with Crippen LogP contribution in [0.15, 0.2) is 0 Å². The number of aliphatic carboxylic acids is 1. The zero-order valence-electron chi connectivity index (χ0n) is 10.5. The van der Waals surface area contributed by atoms with Crippen molar-refractivity contribution in [3.8, 4) is 0 Å². The second kappa shape index (κ2) is 4.79. The summed E-state index contributed by atoms with van der Waals surface area (Å²) in [5.74, 6) is -0.924. The van der Waals surface area contributed by atoms with Crippen LogP contribution in [0, 0.1) is 5.41 Å². The van der Waals surface area contributed by atoms with E-state index in [2.05, 4.69) is 0 Å². The lowest BCUT2D eigenvalue weighted by Gasteiger charge is -2.27. The maximum atomic E-state index is 12.4. The summed E-state index contributed by atoms with van der Waals surface area (Å²) in [6, 6.07) is 0. The van der Waals surface area contributed by atoms with Gasteiger partial charge in [-0.15, -0.1) is 0 Å². The van der Waals surface area contributed by atoms with Crippen LogP contribution in [0.2, 0.25) is 0 Å². The molecule has 104 valence electrons. The van der Waals surface area contributed by atoms with Gasteiger partial charge in [-0.25, -0.2) is 12.7 Å². The molecule has 2 rings (SSSR count). The first-order valence-electron chi connectivity index (χ1n) is 6.16. The molecule has 0 spiro atoms. The Balaban J connectivity index is 2.10. The van der Waals surface area contributed by atoms with Crippen molar-refractivity contribution in [2.75, 3.05) is 26.3 Å². The predicted octanol–water partition coefficient (Wildman–Crippen LogP) is 0.292.